The Labute approximate surface area is 97.5 Å². The van der Waals surface area contributed by atoms with E-state index in [0.717, 1.165) is 25.7 Å². The standard InChI is InChI=1S/C13H22O3/c1-2-16-9-8-12(14)10-13(15)11-6-4-3-5-7-11/h11H,2-10H2,1H3. The van der Waals surface area contributed by atoms with E-state index < -0.39 is 0 Å². The highest BCUT2D eigenvalue weighted by molar-refractivity contribution is 6.00. The molecule has 0 radical (unpaired) electrons. The van der Waals surface area contributed by atoms with E-state index in [1.807, 2.05) is 6.92 Å². The molecule has 3 nitrogen and oxygen atoms in total. The van der Waals surface area contributed by atoms with Gasteiger partial charge in [0.05, 0.1) is 13.0 Å². The van der Waals surface area contributed by atoms with Crippen LogP contribution in [-0.4, -0.2) is 24.8 Å². The van der Waals surface area contributed by atoms with Crippen LogP contribution in [0.25, 0.3) is 0 Å². The van der Waals surface area contributed by atoms with E-state index in [4.69, 9.17) is 4.74 Å². The Balaban J connectivity index is 2.19. The Hall–Kier alpha value is -0.700. The zero-order valence-corrected chi connectivity index (χ0v) is 10.2. The molecule has 1 rings (SSSR count). The van der Waals surface area contributed by atoms with E-state index in [1.54, 1.807) is 0 Å². The molecule has 0 saturated heterocycles. The van der Waals surface area contributed by atoms with E-state index in [0.29, 0.717) is 19.6 Å². The average molecular weight is 226 g/mol. The Kier molecular flexibility index (Phi) is 6.31. The SMILES string of the molecule is CCOCCC(=O)CC(=O)C1CCCCC1. The van der Waals surface area contributed by atoms with Crippen LogP contribution in [0.3, 0.4) is 0 Å². The van der Waals surface area contributed by atoms with Gasteiger partial charge >= 0.3 is 0 Å². The first kappa shape index (κ1) is 13.4. The predicted molar refractivity (Wildman–Crippen MR) is 62.3 cm³/mol. The van der Waals surface area contributed by atoms with Gasteiger partial charge < -0.3 is 4.74 Å². The lowest BCUT2D eigenvalue weighted by Gasteiger charge is -2.19. The summed E-state index contributed by atoms with van der Waals surface area (Å²) in [5.74, 6) is 0.343. The Bertz CT molecular complexity index is 229. The van der Waals surface area contributed by atoms with Crippen molar-refractivity contribution in [1.82, 2.24) is 0 Å². The maximum atomic E-state index is 11.8. The third kappa shape index (κ3) is 4.88. The molecule has 0 N–H and O–H groups in total. The lowest BCUT2D eigenvalue weighted by Crippen LogP contribution is -2.21. The van der Waals surface area contributed by atoms with E-state index in [9.17, 15) is 9.59 Å². The molecule has 92 valence electrons. The largest absolute Gasteiger partial charge is 0.381 e. The van der Waals surface area contributed by atoms with Crippen molar-refractivity contribution in [3.05, 3.63) is 0 Å². The van der Waals surface area contributed by atoms with Crippen molar-refractivity contribution in [2.75, 3.05) is 13.2 Å². The summed E-state index contributed by atoms with van der Waals surface area (Å²) < 4.78 is 5.10. The molecular formula is C13H22O3. The van der Waals surface area contributed by atoms with Gasteiger partial charge in [-0.1, -0.05) is 19.3 Å². The summed E-state index contributed by atoms with van der Waals surface area (Å²) in [6.45, 7) is 2.98. The summed E-state index contributed by atoms with van der Waals surface area (Å²) in [5, 5.41) is 0. The third-order valence-electron chi connectivity index (χ3n) is 3.16. The Morgan fingerprint density at radius 1 is 1.19 bits per heavy atom. The summed E-state index contributed by atoms with van der Waals surface area (Å²) in [6.07, 6.45) is 5.99. The lowest BCUT2D eigenvalue weighted by molar-refractivity contribution is -0.130. The van der Waals surface area contributed by atoms with Crippen molar-refractivity contribution in [2.45, 2.75) is 51.9 Å². The molecule has 0 unspecified atom stereocenters. The molecule has 1 aliphatic carbocycles. The van der Waals surface area contributed by atoms with Gasteiger partial charge in [0.15, 0.2) is 0 Å². The van der Waals surface area contributed by atoms with Gasteiger partial charge in [0.1, 0.15) is 11.6 Å². The summed E-state index contributed by atoms with van der Waals surface area (Å²) >= 11 is 0. The molecule has 0 heterocycles. The third-order valence-corrected chi connectivity index (χ3v) is 3.16. The van der Waals surface area contributed by atoms with Gasteiger partial charge in [-0.3, -0.25) is 9.59 Å². The minimum absolute atomic E-state index is 0.0315. The van der Waals surface area contributed by atoms with E-state index in [1.165, 1.54) is 6.42 Å². The first-order chi connectivity index (χ1) is 7.74. The van der Waals surface area contributed by atoms with Gasteiger partial charge in [0.25, 0.3) is 0 Å². The van der Waals surface area contributed by atoms with Crippen molar-refractivity contribution in [3.8, 4) is 0 Å². The minimum atomic E-state index is 0.0315. The number of ketones is 2. The van der Waals surface area contributed by atoms with Crippen molar-refractivity contribution in [3.63, 3.8) is 0 Å². The Morgan fingerprint density at radius 2 is 1.88 bits per heavy atom. The molecule has 0 bridgehead atoms. The number of rotatable bonds is 7. The van der Waals surface area contributed by atoms with Crippen LogP contribution in [-0.2, 0) is 14.3 Å². The van der Waals surface area contributed by atoms with Crippen LogP contribution >= 0.6 is 0 Å². The molecule has 0 amide bonds. The highest BCUT2D eigenvalue weighted by Gasteiger charge is 2.22. The molecule has 0 aromatic rings. The topological polar surface area (TPSA) is 43.4 Å². The number of carbonyl (C=O) groups excluding carboxylic acids is 2. The fourth-order valence-corrected chi connectivity index (χ4v) is 2.18. The smallest absolute Gasteiger partial charge is 0.143 e. The second-order valence-electron chi connectivity index (χ2n) is 4.46. The molecule has 1 fully saturated rings. The molecule has 0 aromatic heterocycles. The molecule has 1 saturated carbocycles. The van der Waals surface area contributed by atoms with Gasteiger partial charge in [-0.15, -0.1) is 0 Å². The van der Waals surface area contributed by atoms with Crippen LogP contribution in [0.4, 0.5) is 0 Å². The normalized spacial score (nSPS) is 17.3. The Morgan fingerprint density at radius 3 is 2.50 bits per heavy atom. The van der Waals surface area contributed by atoms with Gasteiger partial charge in [-0.2, -0.15) is 0 Å². The number of Topliss-reactive ketones (excluding diaryl/α,β-unsaturated/α-hetero) is 2. The quantitative estimate of drug-likeness (QED) is 0.495. The molecular weight excluding hydrogens is 204 g/mol. The van der Waals surface area contributed by atoms with Gasteiger partial charge in [0, 0.05) is 18.9 Å². The van der Waals surface area contributed by atoms with Crippen LogP contribution in [0.1, 0.15) is 51.9 Å². The van der Waals surface area contributed by atoms with Crippen LogP contribution in [0.5, 0.6) is 0 Å². The van der Waals surface area contributed by atoms with Crippen LogP contribution < -0.4 is 0 Å². The minimum Gasteiger partial charge on any atom is -0.381 e. The first-order valence-electron chi connectivity index (χ1n) is 6.36. The van der Waals surface area contributed by atoms with Crippen LogP contribution in [0.2, 0.25) is 0 Å². The lowest BCUT2D eigenvalue weighted by atomic mass is 9.84. The summed E-state index contributed by atoms with van der Waals surface area (Å²) in [6, 6.07) is 0. The highest BCUT2D eigenvalue weighted by Crippen LogP contribution is 2.25. The second kappa shape index (κ2) is 7.55. The fraction of sp³-hybridized carbons (Fsp3) is 0.846. The van der Waals surface area contributed by atoms with Crippen LogP contribution in [0, 0.1) is 5.92 Å². The van der Waals surface area contributed by atoms with Crippen molar-refractivity contribution < 1.29 is 14.3 Å². The highest BCUT2D eigenvalue weighted by atomic mass is 16.5. The molecule has 0 atom stereocenters. The summed E-state index contributed by atoms with van der Waals surface area (Å²) in [7, 11) is 0. The first-order valence-corrected chi connectivity index (χ1v) is 6.36. The summed E-state index contributed by atoms with van der Waals surface area (Å²) in [4.78, 5) is 23.2. The van der Waals surface area contributed by atoms with Crippen molar-refractivity contribution in [2.24, 2.45) is 5.92 Å². The monoisotopic (exact) mass is 226 g/mol. The van der Waals surface area contributed by atoms with E-state index >= 15 is 0 Å². The molecule has 0 spiro atoms. The second-order valence-corrected chi connectivity index (χ2v) is 4.46. The molecule has 3 heteroatoms. The number of carbonyl (C=O) groups is 2. The molecule has 0 aromatic carbocycles. The maximum absolute atomic E-state index is 11.8. The van der Waals surface area contributed by atoms with Crippen LogP contribution in [0.15, 0.2) is 0 Å². The van der Waals surface area contributed by atoms with Crippen molar-refractivity contribution in [1.29, 1.82) is 0 Å². The van der Waals surface area contributed by atoms with Gasteiger partial charge in [-0.25, -0.2) is 0 Å². The predicted octanol–water partition coefficient (Wildman–Crippen LogP) is 2.52. The number of hydrogen-bond acceptors (Lipinski definition) is 3. The van der Waals surface area contributed by atoms with E-state index in [2.05, 4.69) is 0 Å². The maximum Gasteiger partial charge on any atom is 0.143 e. The summed E-state index contributed by atoms with van der Waals surface area (Å²) in [5.41, 5.74) is 0. The van der Waals surface area contributed by atoms with Gasteiger partial charge in [-0.05, 0) is 19.8 Å². The van der Waals surface area contributed by atoms with Gasteiger partial charge in [0.2, 0.25) is 0 Å². The average Bonchev–Trinajstić information content (AvgIpc) is 2.30. The van der Waals surface area contributed by atoms with Crippen molar-refractivity contribution >= 4 is 11.6 Å². The number of ether oxygens (including phenoxy) is 1. The zero-order valence-electron chi connectivity index (χ0n) is 10.2. The zero-order chi connectivity index (χ0) is 11.8. The fourth-order valence-electron chi connectivity index (χ4n) is 2.18. The number of hydrogen-bond donors (Lipinski definition) is 0. The molecule has 0 aliphatic heterocycles. The van der Waals surface area contributed by atoms with E-state index in [-0.39, 0.29) is 23.9 Å². The molecule has 1 aliphatic rings. The molecule has 16 heavy (non-hydrogen) atoms.